The monoisotopic (exact) mass is 416 g/mol. The first-order chi connectivity index (χ1) is 14.3. The molecule has 9 heteroatoms. The first-order valence-electron chi connectivity index (χ1n) is 9.41. The number of ether oxygens (including phenoxy) is 1. The normalized spacial score (nSPS) is 11.4. The van der Waals surface area contributed by atoms with E-state index < -0.39 is 23.7 Å². The van der Waals surface area contributed by atoms with Crippen molar-refractivity contribution in [3.8, 4) is 5.75 Å². The molecule has 0 bridgehead atoms. The summed E-state index contributed by atoms with van der Waals surface area (Å²) in [6, 6.07) is 12.0. The molecule has 0 fully saturated rings. The van der Waals surface area contributed by atoms with Crippen LogP contribution in [-0.4, -0.2) is 30.0 Å². The third-order valence-electron chi connectivity index (χ3n) is 3.90. The Morgan fingerprint density at radius 2 is 1.63 bits per heavy atom. The number of carbonyl (C=O) groups excluding carboxylic acids is 3. The van der Waals surface area contributed by atoms with Crippen LogP contribution in [0.4, 0.5) is 9.18 Å². The van der Waals surface area contributed by atoms with E-state index in [1.165, 1.54) is 25.1 Å². The van der Waals surface area contributed by atoms with E-state index in [-0.39, 0.29) is 17.8 Å². The van der Waals surface area contributed by atoms with Gasteiger partial charge in [0.15, 0.2) is 17.7 Å². The predicted octanol–water partition coefficient (Wildman–Crippen LogP) is 2.26. The number of hydrogen-bond donors (Lipinski definition) is 4. The molecule has 0 heterocycles. The SMILES string of the molecule is CC(C)NC(=O)NCc1ccc(C(=O)NNC(=O)[C@@H](C)Oc2ccccc2F)cc1. The smallest absolute Gasteiger partial charge is 0.315 e. The summed E-state index contributed by atoms with van der Waals surface area (Å²) in [5, 5.41) is 5.42. The highest BCUT2D eigenvalue weighted by atomic mass is 19.1. The minimum Gasteiger partial charge on any atom is -0.478 e. The molecular formula is C21H25FN4O4. The number of rotatable bonds is 7. The molecule has 1 atom stereocenters. The minimum absolute atomic E-state index is 0.0334. The van der Waals surface area contributed by atoms with Gasteiger partial charge in [-0.15, -0.1) is 0 Å². The summed E-state index contributed by atoms with van der Waals surface area (Å²) in [4.78, 5) is 35.8. The number of hydrazine groups is 1. The second-order valence-corrected chi connectivity index (χ2v) is 6.81. The van der Waals surface area contributed by atoms with Crippen LogP contribution in [0, 0.1) is 5.82 Å². The van der Waals surface area contributed by atoms with E-state index in [1.807, 2.05) is 13.8 Å². The third-order valence-corrected chi connectivity index (χ3v) is 3.90. The van der Waals surface area contributed by atoms with Gasteiger partial charge in [0.2, 0.25) is 0 Å². The van der Waals surface area contributed by atoms with Gasteiger partial charge in [0, 0.05) is 18.2 Å². The lowest BCUT2D eigenvalue weighted by Gasteiger charge is -2.15. The van der Waals surface area contributed by atoms with E-state index in [0.29, 0.717) is 12.1 Å². The van der Waals surface area contributed by atoms with Gasteiger partial charge in [-0.3, -0.25) is 20.4 Å². The molecule has 4 N–H and O–H groups in total. The lowest BCUT2D eigenvalue weighted by Crippen LogP contribution is -2.47. The zero-order valence-electron chi connectivity index (χ0n) is 17.0. The molecule has 0 unspecified atom stereocenters. The van der Waals surface area contributed by atoms with Crippen LogP contribution >= 0.6 is 0 Å². The zero-order valence-corrected chi connectivity index (χ0v) is 17.0. The Morgan fingerprint density at radius 3 is 2.27 bits per heavy atom. The summed E-state index contributed by atoms with van der Waals surface area (Å²) < 4.78 is 18.8. The van der Waals surface area contributed by atoms with Crippen molar-refractivity contribution in [2.24, 2.45) is 0 Å². The van der Waals surface area contributed by atoms with Crippen molar-refractivity contribution >= 4 is 17.8 Å². The molecule has 2 aromatic rings. The number of urea groups is 1. The van der Waals surface area contributed by atoms with E-state index in [4.69, 9.17) is 4.74 Å². The van der Waals surface area contributed by atoms with Gasteiger partial charge in [-0.25, -0.2) is 9.18 Å². The minimum atomic E-state index is -1.02. The van der Waals surface area contributed by atoms with Crippen LogP contribution in [0.5, 0.6) is 5.75 Å². The lowest BCUT2D eigenvalue weighted by molar-refractivity contribution is -0.128. The van der Waals surface area contributed by atoms with E-state index in [1.54, 1.807) is 30.3 Å². The summed E-state index contributed by atoms with van der Waals surface area (Å²) >= 11 is 0. The Labute approximate surface area is 174 Å². The molecular weight excluding hydrogens is 391 g/mol. The van der Waals surface area contributed by atoms with Crippen molar-refractivity contribution in [2.45, 2.75) is 39.5 Å². The molecule has 8 nitrogen and oxygen atoms in total. The van der Waals surface area contributed by atoms with Crippen molar-refractivity contribution in [3.05, 3.63) is 65.5 Å². The molecule has 0 saturated heterocycles. The Kier molecular flexibility index (Phi) is 8.16. The van der Waals surface area contributed by atoms with Gasteiger partial charge in [-0.1, -0.05) is 24.3 Å². The van der Waals surface area contributed by atoms with Crippen LogP contribution in [0.3, 0.4) is 0 Å². The number of carbonyl (C=O) groups is 3. The summed E-state index contributed by atoms with van der Waals surface area (Å²) in [6.07, 6.45) is -1.02. The molecule has 0 aliphatic rings. The van der Waals surface area contributed by atoms with Gasteiger partial charge >= 0.3 is 6.03 Å². The van der Waals surface area contributed by atoms with E-state index in [0.717, 1.165) is 5.56 Å². The summed E-state index contributed by atoms with van der Waals surface area (Å²) in [6.45, 7) is 5.46. The molecule has 30 heavy (non-hydrogen) atoms. The number of benzene rings is 2. The lowest BCUT2D eigenvalue weighted by atomic mass is 10.1. The zero-order chi connectivity index (χ0) is 22.1. The van der Waals surface area contributed by atoms with Crippen molar-refractivity contribution in [2.75, 3.05) is 0 Å². The quantitative estimate of drug-likeness (QED) is 0.519. The first kappa shape index (κ1) is 22.7. The number of amides is 4. The van der Waals surface area contributed by atoms with Crippen molar-refractivity contribution in [1.82, 2.24) is 21.5 Å². The molecule has 0 radical (unpaired) electrons. The van der Waals surface area contributed by atoms with Crippen molar-refractivity contribution in [3.63, 3.8) is 0 Å². The van der Waals surface area contributed by atoms with Gasteiger partial charge in [0.05, 0.1) is 0 Å². The molecule has 2 rings (SSSR count). The Morgan fingerprint density at radius 1 is 0.967 bits per heavy atom. The standard InChI is InChI=1S/C21H25FN4O4/c1-13(2)24-21(29)23-12-15-8-10-16(11-9-15)20(28)26-25-19(27)14(3)30-18-7-5-4-6-17(18)22/h4-11,13-14H,12H2,1-3H3,(H,25,27)(H,26,28)(H2,23,24,29)/t14-/m1/s1. The molecule has 2 aromatic carbocycles. The van der Waals surface area contributed by atoms with Crippen LogP contribution < -0.4 is 26.2 Å². The van der Waals surface area contributed by atoms with Crippen LogP contribution in [0.15, 0.2) is 48.5 Å². The molecule has 0 aromatic heterocycles. The van der Waals surface area contributed by atoms with Gasteiger partial charge < -0.3 is 15.4 Å². The maximum Gasteiger partial charge on any atom is 0.315 e. The molecule has 4 amide bonds. The fourth-order valence-corrected chi connectivity index (χ4v) is 2.35. The van der Waals surface area contributed by atoms with Gasteiger partial charge in [-0.05, 0) is 50.6 Å². The highest BCUT2D eigenvalue weighted by Crippen LogP contribution is 2.16. The maximum absolute atomic E-state index is 13.6. The molecule has 0 saturated carbocycles. The number of halogens is 1. The number of nitrogens with one attached hydrogen (secondary N) is 4. The average Bonchev–Trinajstić information content (AvgIpc) is 2.71. The highest BCUT2D eigenvalue weighted by molar-refractivity contribution is 5.95. The second kappa shape index (κ2) is 10.8. The first-order valence-corrected chi connectivity index (χ1v) is 9.41. The molecule has 0 aliphatic carbocycles. The van der Waals surface area contributed by atoms with Crippen molar-refractivity contribution < 1.29 is 23.5 Å². The van der Waals surface area contributed by atoms with Crippen LogP contribution in [0.2, 0.25) is 0 Å². The topological polar surface area (TPSA) is 109 Å². The Hall–Kier alpha value is -3.62. The predicted molar refractivity (Wildman–Crippen MR) is 109 cm³/mol. The second-order valence-electron chi connectivity index (χ2n) is 6.81. The van der Waals surface area contributed by atoms with E-state index >= 15 is 0 Å². The largest absolute Gasteiger partial charge is 0.478 e. The number of para-hydroxylation sites is 1. The number of hydrogen-bond acceptors (Lipinski definition) is 4. The average molecular weight is 416 g/mol. The summed E-state index contributed by atoms with van der Waals surface area (Å²) in [5.41, 5.74) is 5.64. The molecule has 160 valence electrons. The fourth-order valence-electron chi connectivity index (χ4n) is 2.35. The molecule has 0 spiro atoms. The van der Waals surface area contributed by atoms with E-state index in [9.17, 15) is 18.8 Å². The highest BCUT2D eigenvalue weighted by Gasteiger charge is 2.17. The van der Waals surface area contributed by atoms with Crippen LogP contribution in [0.1, 0.15) is 36.7 Å². The van der Waals surface area contributed by atoms with Gasteiger partial charge in [0.1, 0.15) is 0 Å². The van der Waals surface area contributed by atoms with Crippen LogP contribution in [0.25, 0.3) is 0 Å². The van der Waals surface area contributed by atoms with Gasteiger partial charge in [-0.2, -0.15) is 0 Å². The summed E-state index contributed by atoms with van der Waals surface area (Å²) in [5.74, 6) is -1.81. The Bertz CT molecular complexity index is 887. The maximum atomic E-state index is 13.6. The van der Waals surface area contributed by atoms with Gasteiger partial charge in [0.25, 0.3) is 11.8 Å². The van der Waals surface area contributed by atoms with Crippen LogP contribution in [-0.2, 0) is 11.3 Å². The molecule has 0 aliphatic heterocycles. The summed E-state index contributed by atoms with van der Waals surface area (Å²) in [7, 11) is 0. The van der Waals surface area contributed by atoms with Crippen molar-refractivity contribution in [1.29, 1.82) is 0 Å². The van der Waals surface area contributed by atoms with E-state index in [2.05, 4.69) is 21.5 Å². The fraction of sp³-hybridized carbons (Fsp3) is 0.286. The Balaban J connectivity index is 1.80. The third kappa shape index (κ3) is 7.08.